The maximum atomic E-state index is 12.4. The monoisotopic (exact) mass is 200 g/mol. The van der Waals surface area contributed by atoms with Crippen LogP contribution in [0.3, 0.4) is 0 Å². The molecule has 4 nitrogen and oxygen atoms in total. The molecule has 0 saturated heterocycles. The molecule has 0 amide bonds. The number of hydrazine groups is 1. The van der Waals surface area contributed by atoms with Gasteiger partial charge >= 0.3 is 0 Å². The molecule has 1 aromatic heterocycles. The lowest BCUT2D eigenvalue weighted by atomic mass is 10.2. The Balaban J connectivity index is 2.35. The van der Waals surface area contributed by atoms with Gasteiger partial charge in [-0.05, 0) is 18.9 Å². The molecule has 76 valence electrons. The van der Waals surface area contributed by atoms with E-state index in [1.807, 2.05) is 0 Å². The van der Waals surface area contributed by atoms with E-state index >= 15 is 0 Å². The Morgan fingerprint density at radius 1 is 1.43 bits per heavy atom. The first-order valence-electron chi connectivity index (χ1n) is 4.34. The maximum Gasteiger partial charge on any atom is 0.280 e. The summed E-state index contributed by atoms with van der Waals surface area (Å²) in [5, 5.41) is 0. The lowest BCUT2D eigenvalue weighted by Gasteiger charge is -2.05. The number of nitrogens with two attached hydrogens (primary N) is 1. The zero-order valence-corrected chi connectivity index (χ0v) is 7.37. The molecule has 6 heteroatoms. The summed E-state index contributed by atoms with van der Waals surface area (Å²) in [5.41, 5.74) is 2.58. The summed E-state index contributed by atoms with van der Waals surface area (Å²) >= 11 is 0. The SMILES string of the molecule is NNc1nc(C(F)F)cc(C2CC2)n1. The minimum Gasteiger partial charge on any atom is -0.292 e. The molecule has 1 heterocycles. The number of halogens is 2. The van der Waals surface area contributed by atoms with Gasteiger partial charge in [-0.15, -0.1) is 0 Å². The number of alkyl halides is 2. The van der Waals surface area contributed by atoms with Gasteiger partial charge in [0.1, 0.15) is 5.69 Å². The van der Waals surface area contributed by atoms with Crippen LogP contribution in [0.2, 0.25) is 0 Å². The predicted molar refractivity (Wildman–Crippen MR) is 46.8 cm³/mol. The van der Waals surface area contributed by atoms with E-state index in [2.05, 4.69) is 15.4 Å². The average Bonchev–Trinajstić information content (AvgIpc) is 3.00. The van der Waals surface area contributed by atoms with Crippen molar-refractivity contribution >= 4 is 5.95 Å². The second kappa shape index (κ2) is 3.45. The topological polar surface area (TPSA) is 63.8 Å². The highest BCUT2D eigenvalue weighted by molar-refractivity contribution is 5.30. The second-order valence-electron chi connectivity index (χ2n) is 3.26. The third-order valence-electron chi connectivity index (χ3n) is 2.11. The van der Waals surface area contributed by atoms with Gasteiger partial charge in [0.2, 0.25) is 5.95 Å². The predicted octanol–water partition coefficient (Wildman–Crippen LogP) is 1.58. The molecule has 0 bridgehead atoms. The first-order valence-corrected chi connectivity index (χ1v) is 4.34. The molecule has 0 aromatic carbocycles. The minimum atomic E-state index is -2.58. The van der Waals surface area contributed by atoms with Crippen molar-refractivity contribution in [3.8, 4) is 0 Å². The molecular formula is C8H10F2N4. The summed E-state index contributed by atoms with van der Waals surface area (Å²) in [4.78, 5) is 7.58. The summed E-state index contributed by atoms with van der Waals surface area (Å²) in [6.07, 6.45) is -0.574. The third kappa shape index (κ3) is 1.79. The summed E-state index contributed by atoms with van der Waals surface area (Å²) < 4.78 is 24.8. The fourth-order valence-electron chi connectivity index (χ4n) is 1.25. The van der Waals surface area contributed by atoms with E-state index in [0.29, 0.717) is 11.6 Å². The summed E-state index contributed by atoms with van der Waals surface area (Å²) in [6.45, 7) is 0. The van der Waals surface area contributed by atoms with Gasteiger partial charge in [0.25, 0.3) is 6.43 Å². The summed E-state index contributed by atoms with van der Waals surface area (Å²) in [5.74, 6) is 5.46. The largest absolute Gasteiger partial charge is 0.292 e. The van der Waals surface area contributed by atoms with E-state index in [1.165, 1.54) is 6.07 Å². The van der Waals surface area contributed by atoms with Gasteiger partial charge in [0.15, 0.2) is 0 Å². The van der Waals surface area contributed by atoms with Gasteiger partial charge in [-0.1, -0.05) is 0 Å². The number of hydrogen-bond acceptors (Lipinski definition) is 4. The van der Waals surface area contributed by atoms with Crippen molar-refractivity contribution in [3.05, 3.63) is 17.5 Å². The van der Waals surface area contributed by atoms with Gasteiger partial charge in [0, 0.05) is 11.6 Å². The zero-order valence-electron chi connectivity index (χ0n) is 7.37. The lowest BCUT2D eigenvalue weighted by Crippen LogP contribution is -2.12. The molecule has 1 aliphatic rings. The van der Waals surface area contributed by atoms with Crippen molar-refractivity contribution in [2.24, 2.45) is 5.84 Å². The summed E-state index contributed by atoms with van der Waals surface area (Å²) in [7, 11) is 0. The lowest BCUT2D eigenvalue weighted by molar-refractivity contribution is 0.146. The Labute approximate surface area is 79.5 Å². The molecule has 0 radical (unpaired) electrons. The van der Waals surface area contributed by atoms with Crippen LogP contribution in [-0.4, -0.2) is 9.97 Å². The highest BCUT2D eigenvalue weighted by Crippen LogP contribution is 2.39. The molecule has 1 fully saturated rings. The van der Waals surface area contributed by atoms with E-state index in [4.69, 9.17) is 5.84 Å². The van der Waals surface area contributed by atoms with Gasteiger partial charge in [-0.2, -0.15) is 0 Å². The Kier molecular flexibility index (Phi) is 2.28. The molecule has 0 aliphatic heterocycles. The van der Waals surface area contributed by atoms with Gasteiger partial charge < -0.3 is 0 Å². The van der Waals surface area contributed by atoms with Crippen molar-refractivity contribution in [3.63, 3.8) is 0 Å². The summed E-state index contributed by atoms with van der Waals surface area (Å²) in [6, 6.07) is 1.35. The van der Waals surface area contributed by atoms with E-state index in [9.17, 15) is 8.78 Å². The number of anilines is 1. The highest BCUT2D eigenvalue weighted by atomic mass is 19.3. The van der Waals surface area contributed by atoms with Crippen LogP contribution >= 0.6 is 0 Å². The Bertz CT molecular complexity index is 318. The van der Waals surface area contributed by atoms with Crippen LogP contribution in [0.4, 0.5) is 14.7 Å². The standard InChI is InChI=1S/C8H10F2N4/c9-7(10)6-3-5(4-1-2-4)12-8(13-6)14-11/h3-4,7H,1-2,11H2,(H,12,13,14). The minimum absolute atomic E-state index is 0.0599. The van der Waals surface area contributed by atoms with Crippen molar-refractivity contribution in [1.82, 2.24) is 9.97 Å². The number of nitrogen functional groups attached to an aromatic ring is 1. The van der Waals surface area contributed by atoms with Gasteiger partial charge in [-0.25, -0.2) is 24.6 Å². The van der Waals surface area contributed by atoms with Crippen LogP contribution in [0.25, 0.3) is 0 Å². The van der Waals surface area contributed by atoms with Gasteiger partial charge in [-0.3, -0.25) is 5.43 Å². The molecule has 0 unspecified atom stereocenters. The molecule has 0 spiro atoms. The van der Waals surface area contributed by atoms with Crippen LogP contribution in [0.5, 0.6) is 0 Å². The average molecular weight is 200 g/mol. The van der Waals surface area contributed by atoms with Crippen molar-refractivity contribution in [2.45, 2.75) is 25.2 Å². The highest BCUT2D eigenvalue weighted by Gasteiger charge is 2.27. The van der Waals surface area contributed by atoms with Crippen LogP contribution in [0.15, 0.2) is 6.07 Å². The second-order valence-corrected chi connectivity index (χ2v) is 3.26. The van der Waals surface area contributed by atoms with Crippen molar-refractivity contribution < 1.29 is 8.78 Å². The van der Waals surface area contributed by atoms with Crippen LogP contribution in [0.1, 0.15) is 36.6 Å². The molecule has 14 heavy (non-hydrogen) atoms. The van der Waals surface area contributed by atoms with E-state index in [0.717, 1.165) is 12.8 Å². The fraction of sp³-hybridized carbons (Fsp3) is 0.500. The molecule has 0 atom stereocenters. The third-order valence-corrected chi connectivity index (χ3v) is 2.11. The van der Waals surface area contributed by atoms with Crippen molar-refractivity contribution in [2.75, 3.05) is 5.43 Å². The van der Waals surface area contributed by atoms with Crippen LogP contribution < -0.4 is 11.3 Å². The number of nitrogens with one attached hydrogen (secondary N) is 1. The molecule has 1 aromatic rings. The Morgan fingerprint density at radius 2 is 2.14 bits per heavy atom. The van der Waals surface area contributed by atoms with E-state index in [1.54, 1.807) is 0 Å². The van der Waals surface area contributed by atoms with Crippen molar-refractivity contribution in [1.29, 1.82) is 0 Å². The van der Waals surface area contributed by atoms with E-state index in [-0.39, 0.29) is 11.6 Å². The first-order chi connectivity index (χ1) is 6.70. The Morgan fingerprint density at radius 3 is 2.64 bits per heavy atom. The maximum absolute atomic E-state index is 12.4. The van der Waals surface area contributed by atoms with E-state index < -0.39 is 6.43 Å². The quantitative estimate of drug-likeness (QED) is 0.574. The van der Waals surface area contributed by atoms with Gasteiger partial charge in [0.05, 0.1) is 0 Å². The smallest absolute Gasteiger partial charge is 0.280 e. The Hall–Kier alpha value is -1.30. The molecule has 3 N–H and O–H groups in total. The number of nitrogens with zero attached hydrogens (tertiary/aromatic N) is 2. The van der Waals surface area contributed by atoms with Crippen LogP contribution in [0, 0.1) is 0 Å². The molecule has 2 rings (SSSR count). The zero-order chi connectivity index (χ0) is 10.1. The molecule has 1 saturated carbocycles. The molecule has 1 aliphatic carbocycles. The molecular weight excluding hydrogens is 190 g/mol. The number of hydrogen-bond donors (Lipinski definition) is 2. The fourth-order valence-corrected chi connectivity index (χ4v) is 1.25. The number of aromatic nitrogens is 2. The number of rotatable bonds is 3. The first kappa shape index (κ1) is 9.26. The normalized spacial score (nSPS) is 16.0. The van der Waals surface area contributed by atoms with Crippen LogP contribution in [-0.2, 0) is 0 Å².